The number of nitrogens with one attached hydrogen (secondary N) is 2. The number of fused-ring (bicyclic) bond motifs is 1. The molecule has 2 heterocycles. The molecule has 2 unspecified atom stereocenters. The summed E-state index contributed by atoms with van der Waals surface area (Å²) in [4.78, 5) is 40.0. The Morgan fingerprint density at radius 3 is 2.85 bits per heavy atom. The third kappa shape index (κ3) is 4.33. The summed E-state index contributed by atoms with van der Waals surface area (Å²) in [7, 11) is 0. The lowest BCUT2D eigenvalue weighted by molar-refractivity contribution is -0.123. The van der Waals surface area contributed by atoms with Crippen molar-refractivity contribution in [1.82, 2.24) is 10.3 Å². The van der Waals surface area contributed by atoms with E-state index in [2.05, 4.69) is 15.6 Å². The van der Waals surface area contributed by atoms with E-state index in [1.807, 2.05) is 24.3 Å². The largest absolute Gasteiger partial charge is 0.477 e. The van der Waals surface area contributed by atoms with Crippen LogP contribution in [0.25, 0.3) is 0 Å². The molecule has 1 aliphatic heterocycles. The van der Waals surface area contributed by atoms with E-state index in [-0.39, 0.29) is 35.1 Å². The van der Waals surface area contributed by atoms with E-state index in [1.165, 1.54) is 0 Å². The molecule has 0 fully saturated rings. The van der Waals surface area contributed by atoms with Gasteiger partial charge in [-0.2, -0.15) is 0 Å². The molecule has 0 bridgehead atoms. The number of carbonyl (C=O) groups is 3. The van der Waals surface area contributed by atoms with Crippen LogP contribution in [0.4, 0.5) is 5.69 Å². The monoisotopic (exact) mass is 387 g/mol. The molecular formula is C19H21N3O4S. The Morgan fingerprint density at radius 1 is 1.41 bits per heavy atom. The second kappa shape index (κ2) is 7.87. The number of carboxylic acids is 1. The van der Waals surface area contributed by atoms with E-state index in [1.54, 1.807) is 13.8 Å². The van der Waals surface area contributed by atoms with Crippen LogP contribution >= 0.6 is 11.3 Å². The number of amides is 2. The van der Waals surface area contributed by atoms with Crippen LogP contribution in [0.1, 0.15) is 51.7 Å². The average Bonchev–Trinajstić information content (AvgIpc) is 3.02. The van der Waals surface area contributed by atoms with Crippen LogP contribution in [-0.4, -0.2) is 27.9 Å². The summed E-state index contributed by atoms with van der Waals surface area (Å²) in [5.41, 5.74) is 2.36. The number of carbonyl (C=O) groups excluding carboxylic acids is 2. The van der Waals surface area contributed by atoms with Crippen LogP contribution in [-0.2, 0) is 16.0 Å². The second-order valence-electron chi connectivity index (χ2n) is 6.65. The Bertz CT molecular complexity index is 893. The van der Waals surface area contributed by atoms with E-state index < -0.39 is 5.97 Å². The van der Waals surface area contributed by atoms with Crippen molar-refractivity contribution in [2.24, 2.45) is 5.92 Å². The highest BCUT2D eigenvalue weighted by Crippen LogP contribution is 2.28. The van der Waals surface area contributed by atoms with E-state index >= 15 is 0 Å². The van der Waals surface area contributed by atoms with Crippen molar-refractivity contribution in [2.75, 3.05) is 5.32 Å². The number of aromatic nitrogens is 1. The van der Waals surface area contributed by atoms with Gasteiger partial charge in [0.1, 0.15) is 9.88 Å². The van der Waals surface area contributed by atoms with Gasteiger partial charge >= 0.3 is 5.97 Å². The maximum atomic E-state index is 12.3. The summed E-state index contributed by atoms with van der Waals surface area (Å²) in [5, 5.41) is 15.4. The molecule has 1 aliphatic rings. The molecule has 1 aromatic heterocycles. The van der Waals surface area contributed by atoms with Gasteiger partial charge in [-0.3, -0.25) is 9.59 Å². The first-order chi connectivity index (χ1) is 12.8. The average molecular weight is 387 g/mol. The number of nitrogens with zero attached hydrogens (tertiary/aromatic N) is 1. The first kappa shape index (κ1) is 19.0. The van der Waals surface area contributed by atoms with Crippen LogP contribution in [0, 0.1) is 12.8 Å². The van der Waals surface area contributed by atoms with Crippen molar-refractivity contribution in [3.05, 3.63) is 45.4 Å². The summed E-state index contributed by atoms with van der Waals surface area (Å²) >= 11 is 1.07. The molecule has 142 valence electrons. The summed E-state index contributed by atoms with van der Waals surface area (Å²) < 4.78 is 0. The van der Waals surface area contributed by atoms with Crippen LogP contribution < -0.4 is 10.6 Å². The second-order valence-corrected chi connectivity index (χ2v) is 7.68. The first-order valence-electron chi connectivity index (χ1n) is 8.74. The molecule has 7 nitrogen and oxygen atoms in total. The van der Waals surface area contributed by atoms with Crippen molar-refractivity contribution in [1.29, 1.82) is 0 Å². The topological polar surface area (TPSA) is 108 Å². The summed E-state index contributed by atoms with van der Waals surface area (Å²) in [5.74, 6) is -1.49. The highest BCUT2D eigenvalue weighted by Gasteiger charge is 2.26. The van der Waals surface area contributed by atoms with Gasteiger partial charge in [-0.25, -0.2) is 9.78 Å². The van der Waals surface area contributed by atoms with Crippen molar-refractivity contribution >= 4 is 34.8 Å². The number of aryl methyl sites for hydroxylation is 1. The zero-order valence-corrected chi connectivity index (χ0v) is 15.9. The van der Waals surface area contributed by atoms with Crippen molar-refractivity contribution < 1.29 is 19.5 Å². The normalized spacial score (nSPS) is 17.0. The fourth-order valence-electron chi connectivity index (χ4n) is 3.13. The number of thiazole rings is 1. The lowest BCUT2D eigenvalue weighted by Gasteiger charge is -2.24. The number of hydrogen-bond donors (Lipinski definition) is 3. The zero-order chi connectivity index (χ0) is 19.6. The quantitative estimate of drug-likeness (QED) is 0.706. The fourth-order valence-corrected chi connectivity index (χ4v) is 4.04. The molecule has 27 heavy (non-hydrogen) atoms. The van der Waals surface area contributed by atoms with E-state index in [9.17, 15) is 14.4 Å². The standard InChI is InChI=1S/C19H21N3O4S/c1-10-16(19(25)26)27-18(21-10)11(2)20-15(23)8-7-13-9-12-5-3-4-6-14(12)22-17(13)24/h3-6,11,13H,7-9H2,1-2H3,(H,20,23)(H,22,24)(H,25,26). The smallest absolute Gasteiger partial charge is 0.347 e. The summed E-state index contributed by atoms with van der Waals surface area (Å²) in [6.07, 6.45) is 1.30. The highest BCUT2D eigenvalue weighted by atomic mass is 32.1. The van der Waals surface area contributed by atoms with Gasteiger partial charge in [0.25, 0.3) is 0 Å². The van der Waals surface area contributed by atoms with Crippen LogP contribution in [0.5, 0.6) is 0 Å². The molecule has 0 radical (unpaired) electrons. The van der Waals surface area contributed by atoms with Gasteiger partial charge in [0.2, 0.25) is 11.8 Å². The third-order valence-corrected chi connectivity index (χ3v) is 5.92. The van der Waals surface area contributed by atoms with Crippen LogP contribution in [0.3, 0.4) is 0 Å². The van der Waals surface area contributed by atoms with Crippen molar-refractivity contribution in [3.63, 3.8) is 0 Å². The number of aromatic carboxylic acids is 1. The molecule has 8 heteroatoms. The SMILES string of the molecule is Cc1nc(C(C)NC(=O)CCC2Cc3ccccc3NC2=O)sc1C(=O)O. The van der Waals surface area contributed by atoms with Crippen LogP contribution in [0.2, 0.25) is 0 Å². The molecule has 2 atom stereocenters. The predicted octanol–water partition coefficient (Wildman–Crippen LogP) is 2.92. The lowest BCUT2D eigenvalue weighted by atomic mass is 9.89. The summed E-state index contributed by atoms with van der Waals surface area (Å²) in [6, 6.07) is 7.29. The maximum Gasteiger partial charge on any atom is 0.347 e. The van der Waals surface area contributed by atoms with Gasteiger partial charge in [0.15, 0.2) is 0 Å². The van der Waals surface area contributed by atoms with Gasteiger partial charge in [0, 0.05) is 18.0 Å². The number of hydrogen-bond acceptors (Lipinski definition) is 5. The Balaban J connectivity index is 1.55. The van der Waals surface area contributed by atoms with Crippen molar-refractivity contribution in [3.8, 4) is 0 Å². The minimum absolute atomic E-state index is 0.0591. The molecule has 0 saturated carbocycles. The van der Waals surface area contributed by atoms with Gasteiger partial charge in [-0.1, -0.05) is 18.2 Å². The van der Waals surface area contributed by atoms with E-state index in [4.69, 9.17) is 5.11 Å². The molecule has 0 saturated heterocycles. The predicted molar refractivity (Wildman–Crippen MR) is 102 cm³/mol. The molecule has 1 aromatic carbocycles. The van der Waals surface area contributed by atoms with Gasteiger partial charge in [0.05, 0.1) is 11.7 Å². The zero-order valence-electron chi connectivity index (χ0n) is 15.1. The van der Waals surface area contributed by atoms with Crippen molar-refractivity contribution in [2.45, 2.75) is 39.2 Å². The number of para-hydroxylation sites is 1. The maximum absolute atomic E-state index is 12.3. The van der Waals surface area contributed by atoms with Crippen LogP contribution in [0.15, 0.2) is 24.3 Å². The summed E-state index contributed by atoms with van der Waals surface area (Å²) in [6.45, 7) is 3.41. The molecule has 2 amide bonds. The van der Waals surface area contributed by atoms with E-state index in [0.717, 1.165) is 22.6 Å². The molecular weight excluding hydrogens is 366 g/mol. The third-order valence-electron chi connectivity index (χ3n) is 4.59. The van der Waals surface area contributed by atoms with Gasteiger partial charge < -0.3 is 15.7 Å². The number of rotatable bonds is 6. The Labute approximate surface area is 160 Å². The Morgan fingerprint density at radius 2 is 2.15 bits per heavy atom. The Kier molecular flexibility index (Phi) is 5.55. The first-order valence-corrected chi connectivity index (χ1v) is 9.55. The number of anilines is 1. The Hall–Kier alpha value is -2.74. The highest BCUT2D eigenvalue weighted by molar-refractivity contribution is 7.13. The van der Waals surface area contributed by atoms with Gasteiger partial charge in [-0.05, 0) is 38.3 Å². The number of benzene rings is 1. The lowest BCUT2D eigenvalue weighted by Crippen LogP contribution is -2.32. The minimum Gasteiger partial charge on any atom is -0.477 e. The van der Waals surface area contributed by atoms with Gasteiger partial charge in [-0.15, -0.1) is 11.3 Å². The molecule has 0 spiro atoms. The molecule has 0 aliphatic carbocycles. The number of carboxylic acid groups (broad SMARTS) is 1. The molecule has 3 rings (SSSR count). The molecule has 3 N–H and O–H groups in total. The molecule has 2 aromatic rings. The van der Waals surface area contributed by atoms with E-state index in [0.29, 0.717) is 23.5 Å². The minimum atomic E-state index is -1.02. The fraction of sp³-hybridized carbons (Fsp3) is 0.368.